The lowest BCUT2D eigenvalue weighted by Gasteiger charge is -2.19. The van der Waals surface area contributed by atoms with Gasteiger partial charge in [0.05, 0.1) is 6.20 Å². The average molecular weight is 476 g/mol. The van der Waals surface area contributed by atoms with E-state index in [0.717, 1.165) is 36.2 Å². The molecule has 1 N–H and O–H groups in total. The lowest BCUT2D eigenvalue weighted by Crippen LogP contribution is -2.40. The summed E-state index contributed by atoms with van der Waals surface area (Å²) < 4.78 is 69.5. The van der Waals surface area contributed by atoms with Crippen LogP contribution in [0.15, 0.2) is 39.4 Å². The quantitative estimate of drug-likeness (QED) is 0.219. The molecule has 32 heavy (non-hydrogen) atoms. The molecule has 1 aliphatic rings. The minimum atomic E-state index is -5.73. The molecule has 0 saturated heterocycles. The van der Waals surface area contributed by atoms with Crippen LogP contribution in [0.4, 0.5) is 27.8 Å². The number of fused-ring (bicyclic) bond motifs is 1. The van der Waals surface area contributed by atoms with Crippen LogP contribution in [0, 0.1) is 0 Å². The number of nitrogens with one attached hydrogen (secondary N) is 1. The van der Waals surface area contributed by atoms with Crippen LogP contribution >= 0.6 is 11.8 Å². The zero-order chi connectivity index (χ0) is 23.4. The van der Waals surface area contributed by atoms with E-state index >= 15 is 0 Å². The van der Waals surface area contributed by atoms with E-state index in [1.165, 1.54) is 18.0 Å². The summed E-state index contributed by atoms with van der Waals surface area (Å²) in [4.78, 5) is 11.6. The zero-order valence-corrected chi connectivity index (χ0v) is 17.9. The Morgan fingerprint density at radius 1 is 1.38 bits per heavy atom. The molecule has 13 heteroatoms. The van der Waals surface area contributed by atoms with Crippen molar-refractivity contribution in [1.82, 2.24) is 14.6 Å². The van der Waals surface area contributed by atoms with Crippen LogP contribution in [-0.2, 0) is 11.2 Å². The molecule has 7 nitrogen and oxygen atoms in total. The second kappa shape index (κ2) is 9.84. The number of hydrogen-bond donors (Lipinski definition) is 1. The minimum absolute atomic E-state index is 0.194. The van der Waals surface area contributed by atoms with E-state index in [0.29, 0.717) is 16.7 Å². The molecule has 0 spiro atoms. The predicted molar refractivity (Wildman–Crippen MR) is 113 cm³/mol. The first kappa shape index (κ1) is 24.0. The van der Waals surface area contributed by atoms with Gasteiger partial charge in [-0.05, 0) is 31.4 Å². The van der Waals surface area contributed by atoms with Crippen LogP contribution in [0.5, 0.6) is 0 Å². The number of nitrogens with zero attached hydrogens (tertiary/aromatic N) is 5. The minimum Gasteiger partial charge on any atom is -0.470 e. The molecule has 0 aliphatic heterocycles. The van der Waals surface area contributed by atoms with Gasteiger partial charge in [-0.2, -0.15) is 31.6 Å². The van der Waals surface area contributed by atoms with Crippen molar-refractivity contribution in [3.8, 4) is 0 Å². The fraction of sp³-hybridized carbons (Fsp3) is 0.474. The van der Waals surface area contributed by atoms with Gasteiger partial charge in [-0.25, -0.2) is 9.98 Å². The van der Waals surface area contributed by atoms with Gasteiger partial charge in [0.2, 0.25) is 5.88 Å². The van der Waals surface area contributed by atoms with Crippen molar-refractivity contribution in [2.24, 2.45) is 9.98 Å². The highest BCUT2D eigenvalue weighted by molar-refractivity contribution is 7.99. The third-order valence-corrected chi connectivity index (χ3v) is 5.21. The maximum absolute atomic E-state index is 13.1. The summed E-state index contributed by atoms with van der Waals surface area (Å²) in [6.45, 7) is 3.20. The summed E-state index contributed by atoms with van der Waals surface area (Å²) in [5, 5.41) is 8.71. The van der Waals surface area contributed by atoms with Gasteiger partial charge in [-0.1, -0.05) is 6.92 Å². The zero-order valence-electron chi connectivity index (χ0n) is 17.1. The summed E-state index contributed by atoms with van der Waals surface area (Å²) in [5.74, 6) is -3.99. The topological polar surface area (TPSA) is 76.2 Å². The first-order valence-electron chi connectivity index (χ1n) is 9.68. The number of aliphatic imine (C=N–C) groups is 2. The summed E-state index contributed by atoms with van der Waals surface area (Å²) in [6.07, 6.45) is 0.461. The summed E-state index contributed by atoms with van der Waals surface area (Å²) in [7, 11) is 0. The fourth-order valence-electron chi connectivity index (χ4n) is 2.61. The van der Waals surface area contributed by atoms with Gasteiger partial charge in [0.15, 0.2) is 12.3 Å². The number of rotatable bonds is 11. The van der Waals surface area contributed by atoms with E-state index in [4.69, 9.17) is 0 Å². The number of alkyl halides is 5. The van der Waals surface area contributed by atoms with Crippen molar-refractivity contribution in [2.75, 3.05) is 17.7 Å². The molecule has 1 aliphatic carbocycles. The number of anilines is 1. The Morgan fingerprint density at radius 2 is 2.12 bits per heavy atom. The summed E-state index contributed by atoms with van der Waals surface area (Å²) in [6, 6.07) is 2.23. The van der Waals surface area contributed by atoms with Gasteiger partial charge in [-0.15, -0.1) is 11.8 Å². The van der Waals surface area contributed by atoms with Crippen molar-refractivity contribution in [3.05, 3.63) is 29.9 Å². The van der Waals surface area contributed by atoms with Gasteiger partial charge in [0.1, 0.15) is 10.8 Å². The van der Waals surface area contributed by atoms with Crippen LogP contribution < -0.4 is 5.32 Å². The monoisotopic (exact) mass is 476 g/mol. The van der Waals surface area contributed by atoms with Gasteiger partial charge in [-0.3, -0.25) is 4.99 Å². The van der Waals surface area contributed by atoms with Crippen molar-refractivity contribution in [2.45, 2.75) is 49.4 Å². The van der Waals surface area contributed by atoms with E-state index in [9.17, 15) is 22.0 Å². The van der Waals surface area contributed by atoms with Gasteiger partial charge in [0, 0.05) is 30.4 Å². The Hall–Kier alpha value is -2.70. The third kappa shape index (κ3) is 5.75. The molecule has 2 heterocycles. The Kier molecular flexibility index (Phi) is 7.36. The Balaban J connectivity index is 1.79. The lowest BCUT2D eigenvalue weighted by molar-refractivity contribution is -0.293. The molecular formula is C19H21F5N6OS. The molecule has 2 aromatic heterocycles. The van der Waals surface area contributed by atoms with Crippen LogP contribution in [0.1, 0.15) is 25.3 Å². The van der Waals surface area contributed by atoms with Crippen molar-refractivity contribution in [1.29, 1.82) is 0 Å². The molecule has 1 saturated carbocycles. The van der Waals surface area contributed by atoms with Crippen molar-refractivity contribution >= 4 is 36.2 Å². The standard InChI is InChI=1S/C19H21F5N6OS/c1-3-32-17-13(16-27-9-7-14(30(16)29-17)28-12-4-5-12)6-8-26-15(10-25-2)31-11-18(20,21)19(22,23)24/h7-10,12,28H,2-6,11H2,1H3/b15-10+,26-8-. The maximum atomic E-state index is 13.1. The number of thioether (sulfide) groups is 1. The van der Waals surface area contributed by atoms with E-state index in [1.54, 1.807) is 10.7 Å². The summed E-state index contributed by atoms with van der Waals surface area (Å²) >= 11 is 1.50. The van der Waals surface area contributed by atoms with Crippen molar-refractivity contribution < 1.29 is 26.7 Å². The van der Waals surface area contributed by atoms with Crippen LogP contribution in [-0.4, -0.2) is 58.0 Å². The van der Waals surface area contributed by atoms with Gasteiger partial charge in [0.25, 0.3) is 0 Å². The predicted octanol–water partition coefficient (Wildman–Crippen LogP) is 4.74. The first-order valence-corrected chi connectivity index (χ1v) is 10.7. The van der Waals surface area contributed by atoms with E-state index < -0.39 is 24.6 Å². The Morgan fingerprint density at radius 3 is 2.75 bits per heavy atom. The highest BCUT2D eigenvalue weighted by Crippen LogP contribution is 2.36. The number of ether oxygens (including phenoxy) is 1. The SMILES string of the molecule is C=N/C=C(\N=C/Cc1c(SCC)nn2c(NC3CC3)ccnc12)OCC(F)(F)C(F)(F)F. The summed E-state index contributed by atoms with van der Waals surface area (Å²) in [5.41, 5.74) is 1.33. The fourth-order valence-corrected chi connectivity index (χ4v) is 3.37. The second-order valence-corrected chi connectivity index (χ2v) is 8.11. The third-order valence-electron chi connectivity index (χ3n) is 4.32. The molecule has 0 atom stereocenters. The highest BCUT2D eigenvalue weighted by atomic mass is 32.2. The van der Waals surface area contributed by atoms with Crippen LogP contribution in [0.25, 0.3) is 5.65 Å². The van der Waals surface area contributed by atoms with Crippen molar-refractivity contribution in [3.63, 3.8) is 0 Å². The Bertz CT molecular complexity index is 1020. The van der Waals surface area contributed by atoms with Gasteiger partial charge >= 0.3 is 12.1 Å². The number of halogens is 5. The Labute approximate surface area is 184 Å². The molecule has 174 valence electrons. The molecule has 1 fully saturated rings. The van der Waals surface area contributed by atoms with E-state index in [1.807, 2.05) is 13.0 Å². The number of hydrogen-bond acceptors (Lipinski definition) is 7. The molecule has 0 amide bonds. The smallest absolute Gasteiger partial charge is 0.456 e. The molecule has 0 radical (unpaired) electrons. The second-order valence-electron chi connectivity index (χ2n) is 6.86. The normalized spacial score (nSPS) is 15.5. The van der Waals surface area contributed by atoms with E-state index in [2.05, 4.69) is 36.8 Å². The maximum Gasteiger partial charge on any atom is 0.456 e. The first-order chi connectivity index (χ1) is 15.2. The molecule has 0 unspecified atom stereocenters. The van der Waals surface area contributed by atoms with Gasteiger partial charge < -0.3 is 10.1 Å². The van der Waals surface area contributed by atoms with E-state index in [-0.39, 0.29) is 6.42 Å². The molecule has 2 aromatic rings. The van der Waals surface area contributed by atoms with Crippen LogP contribution in [0.2, 0.25) is 0 Å². The molecule has 0 bridgehead atoms. The van der Waals surface area contributed by atoms with Crippen LogP contribution in [0.3, 0.4) is 0 Å². The number of aromatic nitrogens is 3. The largest absolute Gasteiger partial charge is 0.470 e. The molecule has 3 rings (SSSR count). The molecule has 0 aromatic carbocycles. The average Bonchev–Trinajstić information content (AvgIpc) is 3.47. The molecular weight excluding hydrogens is 455 g/mol. The lowest BCUT2D eigenvalue weighted by atomic mass is 10.2. The highest BCUT2D eigenvalue weighted by Gasteiger charge is 2.58.